The van der Waals surface area contributed by atoms with Crippen molar-refractivity contribution in [2.45, 2.75) is 13.0 Å². The predicted octanol–water partition coefficient (Wildman–Crippen LogP) is 1.61. The van der Waals surface area contributed by atoms with Crippen LogP contribution in [0, 0.1) is 0 Å². The second-order valence-electron chi connectivity index (χ2n) is 2.95. The van der Waals surface area contributed by atoms with E-state index in [0.717, 1.165) is 12.2 Å². The van der Waals surface area contributed by atoms with Gasteiger partial charge in [-0.1, -0.05) is 0 Å². The van der Waals surface area contributed by atoms with Crippen LogP contribution in [-0.4, -0.2) is 19.0 Å². The third-order valence-electron chi connectivity index (χ3n) is 1.79. The van der Waals surface area contributed by atoms with Crippen molar-refractivity contribution in [1.82, 2.24) is 0 Å². The number of esters is 2. The van der Waals surface area contributed by atoms with E-state index in [1.165, 1.54) is 13.4 Å². The third-order valence-corrected chi connectivity index (χ3v) is 1.79. The predicted molar refractivity (Wildman–Crippen MR) is 54.4 cm³/mol. The molecule has 0 spiro atoms. The van der Waals surface area contributed by atoms with E-state index in [4.69, 9.17) is 9.15 Å². The monoisotopic (exact) mass is 224 g/mol. The summed E-state index contributed by atoms with van der Waals surface area (Å²) in [5.74, 6) is -0.697. The van der Waals surface area contributed by atoms with Gasteiger partial charge in [-0.15, -0.1) is 0 Å². The van der Waals surface area contributed by atoms with Crippen molar-refractivity contribution in [2.75, 3.05) is 7.11 Å². The van der Waals surface area contributed by atoms with Gasteiger partial charge < -0.3 is 13.9 Å². The molecule has 0 saturated carbocycles. The summed E-state index contributed by atoms with van der Waals surface area (Å²) < 4.78 is 14.3. The van der Waals surface area contributed by atoms with Crippen molar-refractivity contribution in [1.29, 1.82) is 0 Å². The van der Waals surface area contributed by atoms with Crippen molar-refractivity contribution in [3.8, 4) is 0 Å². The van der Waals surface area contributed by atoms with E-state index in [0.29, 0.717) is 5.76 Å². The molecule has 0 radical (unpaired) electrons. The molecule has 0 bridgehead atoms. The quantitative estimate of drug-likeness (QED) is 0.574. The first-order chi connectivity index (χ1) is 7.63. The van der Waals surface area contributed by atoms with E-state index in [9.17, 15) is 9.59 Å². The summed E-state index contributed by atoms with van der Waals surface area (Å²) in [4.78, 5) is 21.9. The first kappa shape index (κ1) is 12.0. The lowest BCUT2D eigenvalue weighted by molar-refractivity contribution is -0.144. The first-order valence-electron chi connectivity index (χ1n) is 4.63. The number of methoxy groups -OCH3 is 1. The Balaban J connectivity index is 2.46. The van der Waals surface area contributed by atoms with Gasteiger partial charge in [-0.3, -0.25) is 0 Å². The smallest absolute Gasteiger partial charge is 0.331 e. The molecule has 0 amide bonds. The highest BCUT2D eigenvalue weighted by Crippen LogP contribution is 2.16. The SMILES string of the molecule is COC(=O)/C=C/C(=O)O[C@@H](C)c1ccco1. The Morgan fingerprint density at radius 2 is 2.06 bits per heavy atom. The molecule has 0 saturated heterocycles. The highest BCUT2D eigenvalue weighted by molar-refractivity contribution is 5.91. The maximum absolute atomic E-state index is 11.2. The zero-order chi connectivity index (χ0) is 12.0. The Hall–Kier alpha value is -2.04. The normalized spacial score (nSPS) is 12.4. The Bertz CT molecular complexity index is 377. The molecule has 1 rings (SSSR count). The molecule has 0 aliphatic carbocycles. The summed E-state index contributed by atoms with van der Waals surface area (Å²) >= 11 is 0. The van der Waals surface area contributed by atoms with Crippen LogP contribution in [0.15, 0.2) is 35.0 Å². The maximum Gasteiger partial charge on any atom is 0.331 e. The summed E-state index contributed by atoms with van der Waals surface area (Å²) in [7, 11) is 1.23. The second kappa shape index (κ2) is 5.75. The van der Waals surface area contributed by atoms with Crippen LogP contribution in [0.3, 0.4) is 0 Å². The van der Waals surface area contributed by atoms with Crippen molar-refractivity contribution < 1.29 is 23.5 Å². The van der Waals surface area contributed by atoms with Gasteiger partial charge in [0.15, 0.2) is 6.10 Å². The molecule has 0 N–H and O–H groups in total. The van der Waals surface area contributed by atoms with Crippen LogP contribution in [0.5, 0.6) is 0 Å². The van der Waals surface area contributed by atoms with Gasteiger partial charge in [0, 0.05) is 12.2 Å². The van der Waals surface area contributed by atoms with Crippen LogP contribution < -0.4 is 0 Å². The fourth-order valence-electron chi connectivity index (χ4n) is 0.998. The van der Waals surface area contributed by atoms with Gasteiger partial charge in [-0.05, 0) is 19.1 Å². The molecule has 0 aromatic carbocycles. The number of hydrogen-bond donors (Lipinski definition) is 0. The zero-order valence-electron chi connectivity index (χ0n) is 9.01. The molecule has 16 heavy (non-hydrogen) atoms. The van der Waals surface area contributed by atoms with Crippen LogP contribution in [0.25, 0.3) is 0 Å². The molecule has 86 valence electrons. The van der Waals surface area contributed by atoms with Gasteiger partial charge in [-0.2, -0.15) is 0 Å². The largest absolute Gasteiger partial charge is 0.466 e. The number of hydrogen-bond acceptors (Lipinski definition) is 5. The highest BCUT2D eigenvalue weighted by atomic mass is 16.6. The van der Waals surface area contributed by atoms with E-state index in [-0.39, 0.29) is 0 Å². The van der Waals surface area contributed by atoms with Crippen molar-refractivity contribution in [3.63, 3.8) is 0 Å². The molecule has 0 unspecified atom stereocenters. The number of ether oxygens (including phenoxy) is 2. The van der Waals surface area contributed by atoms with Crippen LogP contribution in [-0.2, 0) is 19.1 Å². The van der Waals surface area contributed by atoms with Gasteiger partial charge in [0.05, 0.1) is 13.4 Å². The molecular weight excluding hydrogens is 212 g/mol. The van der Waals surface area contributed by atoms with Crippen LogP contribution in [0.2, 0.25) is 0 Å². The average Bonchev–Trinajstić information content (AvgIpc) is 2.79. The molecule has 1 aromatic heterocycles. The maximum atomic E-state index is 11.2. The Labute approximate surface area is 92.6 Å². The standard InChI is InChI=1S/C11H12O5/c1-8(9-4-3-7-15-9)16-11(13)6-5-10(12)14-2/h3-8H,1-2H3/b6-5+/t8-/m0/s1. The lowest BCUT2D eigenvalue weighted by Gasteiger charge is -2.08. The fraction of sp³-hybridized carbons (Fsp3) is 0.273. The van der Waals surface area contributed by atoms with E-state index in [2.05, 4.69) is 4.74 Å². The molecule has 1 heterocycles. The fourth-order valence-corrected chi connectivity index (χ4v) is 0.998. The number of carbonyl (C=O) groups is 2. The number of rotatable bonds is 4. The first-order valence-corrected chi connectivity index (χ1v) is 4.63. The minimum absolute atomic E-state index is 0.496. The Morgan fingerprint density at radius 3 is 2.62 bits per heavy atom. The van der Waals surface area contributed by atoms with Gasteiger partial charge >= 0.3 is 11.9 Å². The molecule has 1 aromatic rings. The van der Waals surface area contributed by atoms with Crippen molar-refractivity contribution in [2.24, 2.45) is 0 Å². The topological polar surface area (TPSA) is 65.7 Å². The molecule has 5 heteroatoms. The van der Waals surface area contributed by atoms with Crippen LogP contribution in [0.4, 0.5) is 0 Å². The average molecular weight is 224 g/mol. The summed E-state index contributed by atoms with van der Waals surface area (Å²) in [6.45, 7) is 1.67. The van der Waals surface area contributed by atoms with Crippen molar-refractivity contribution >= 4 is 11.9 Å². The molecule has 0 aliphatic rings. The highest BCUT2D eigenvalue weighted by Gasteiger charge is 2.12. The molecule has 1 atom stereocenters. The number of furan rings is 1. The summed E-state index contributed by atoms with van der Waals surface area (Å²) in [6.07, 6.45) is 3.00. The van der Waals surface area contributed by atoms with Gasteiger partial charge in [-0.25, -0.2) is 9.59 Å². The van der Waals surface area contributed by atoms with Crippen molar-refractivity contribution in [3.05, 3.63) is 36.3 Å². The molecule has 0 fully saturated rings. The zero-order valence-corrected chi connectivity index (χ0v) is 9.01. The molecule has 5 nitrogen and oxygen atoms in total. The minimum atomic E-state index is -0.630. The molecule has 0 aliphatic heterocycles. The minimum Gasteiger partial charge on any atom is -0.466 e. The number of carbonyl (C=O) groups excluding carboxylic acids is 2. The lowest BCUT2D eigenvalue weighted by atomic mass is 10.3. The van der Waals surface area contributed by atoms with Gasteiger partial charge in [0.1, 0.15) is 5.76 Å². The van der Waals surface area contributed by atoms with Gasteiger partial charge in [0.2, 0.25) is 0 Å². The van der Waals surface area contributed by atoms with Gasteiger partial charge in [0.25, 0.3) is 0 Å². The third kappa shape index (κ3) is 3.61. The summed E-state index contributed by atoms with van der Waals surface area (Å²) in [5.41, 5.74) is 0. The Morgan fingerprint density at radius 1 is 1.38 bits per heavy atom. The molecular formula is C11H12O5. The van der Waals surface area contributed by atoms with E-state index < -0.39 is 18.0 Å². The van der Waals surface area contributed by atoms with Crippen LogP contribution >= 0.6 is 0 Å². The van der Waals surface area contributed by atoms with Crippen LogP contribution in [0.1, 0.15) is 18.8 Å². The summed E-state index contributed by atoms with van der Waals surface area (Å²) in [5, 5.41) is 0. The van der Waals surface area contributed by atoms with E-state index in [1.54, 1.807) is 19.1 Å². The van der Waals surface area contributed by atoms with E-state index in [1.807, 2.05) is 0 Å². The second-order valence-corrected chi connectivity index (χ2v) is 2.95. The van der Waals surface area contributed by atoms with E-state index >= 15 is 0 Å². The Kier molecular flexibility index (Phi) is 4.32. The summed E-state index contributed by atoms with van der Waals surface area (Å²) in [6, 6.07) is 3.39. The lowest BCUT2D eigenvalue weighted by Crippen LogP contribution is -2.06.